The van der Waals surface area contributed by atoms with E-state index in [4.69, 9.17) is 0 Å². The van der Waals surface area contributed by atoms with Gasteiger partial charge >= 0.3 is 6.03 Å². The maximum absolute atomic E-state index is 11.2. The monoisotopic (exact) mass is 259 g/mol. The van der Waals surface area contributed by atoms with Gasteiger partial charge in [-0.1, -0.05) is 12.8 Å². The molecule has 0 aromatic heterocycles. The maximum atomic E-state index is 11.2. The van der Waals surface area contributed by atoms with Gasteiger partial charge in [0.15, 0.2) is 0 Å². The molecule has 1 aliphatic heterocycles. The van der Waals surface area contributed by atoms with Crippen LogP contribution in [-0.4, -0.2) is 55.7 Å². The van der Waals surface area contributed by atoms with E-state index >= 15 is 0 Å². The molecule has 0 radical (unpaired) electrons. The second-order valence-corrected chi connectivity index (χ2v) is 5.36. The van der Waals surface area contributed by atoms with E-state index in [1.807, 2.05) is 16.7 Å². The van der Waals surface area contributed by atoms with Gasteiger partial charge in [-0.2, -0.15) is 11.8 Å². The zero-order valence-electron chi connectivity index (χ0n) is 10.8. The first-order valence-electron chi connectivity index (χ1n) is 6.57. The molecule has 17 heavy (non-hydrogen) atoms. The van der Waals surface area contributed by atoms with Crippen molar-refractivity contribution in [3.8, 4) is 0 Å². The fraction of sp³-hybridized carbons (Fsp3) is 0.917. The van der Waals surface area contributed by atoms with E-state index in [0.717, 1.165) is 32.7 Å². The van der Waals surface area contributed by atoms with Crippen molar-refractivity contribution in [2.45, 2.75) is 25.7 Å². The van der Waals surface area contributed by atoms with Crippen molar-refractivity contribution in [2.24, 2.45) is 0 Å². The van der Waals surface area contributed by atoms with Crippen LogP contribution in [0.2, 0.25) is 0 Å². The van der Waals surface area contributed by atoms with Crippen molar-refractivity contribution < 1.29 is 4.79 Å². The highest BCUT2D eigenvalue weighted by molar-refractivity contribution is 7.98. The summed E-state index contributed by atoms with van der Waals surface area (Å²) in [6.07, 6.45) is 7.42. The first-order valence-corrected chi connectivity index (χ1v) is 7.96. The molecular weight excluding hydrogens is 234 g/mol. The Kier molecular flexibility index (Phi) is 8.26. The molecule has 0 atom stereocenters. The van der Waals surface area contributed by atoms with Crippen LogP contribution >= 0.6 is 11.8 Å². The number of unbranched alkanes of at least 4 members (excludes halogenated alkanes) is 3. The summed E-state index contributed by atoms with van der Waals surface area (Å²) in [4.78, 5) is 13.1. The molecule has 0 spiro atoms. The smallest absolute Gasteiger partial charge is 0.317 e. The summed E-state index contributed by atoms with van der Waals surface area (Å²) in [5.41, 5.74) is 0. The predicted molar refractivity (Wildman–Crippen MR) is 74.7 cm³/mol. The normalized spacial score (nSPS) is 15.4. The molecule has 1 fully saturated rings. The molecule has 2 N–H and O–H groups in total. The minimum Gasteiger partial charge on any atom is -0.336 e. The Balaban J connectivity index is 1.80. The van der Waals surface area contributed by atoms with Crippen LogP contribution in [0.15, 0.2) is 0 Å². The average molecular weight is 259 g/mol. The van der Waals surface area contributed by atoms with Gasteiger partial charge in [-0.25, -0.2) is 4.79 Å². The van der Waals surface area contributed by atoms with Crippen LogP contribution in [0.5, 0.6) is 0 Å². The van der Waals surface area contributed by atoms with Gasteiger partial charge in [0.25, 0.3) is 0 Å². The minimum atomic E-state index is 0.0869. The number of carbonyl (C=O) groups is 1. The van der Waals surface area contributed by atoms with E-state index < -0.39 is 0 Å². The van der Waals surface area contributed by atoms with Gasteiger partial charge in [-0.3, -0.25) is 0 Å². The van der Waals surface area contributed by atoms with E-state index in [2.05, 4.69) is 16.9 Å². The van der Waals surface area contributed by atoms with E-state index in [-0.39, 0.29) is 6.03 Å². The molecule has 5 heteroatoms. The van der Waals surface area contributed by atoms with Crippen LogP contribution in [0.1, 0.15) is 25.7 Å². The SMILES string of the molecule is CSCCCCCCNCCN1CCNC1=O. The molecule has 1 aliphatic rings. The van der Waals surface area contributed by atoms with Gasteiger partial charge in [0.05, 0.1) is 0 Å². The Hall–Kier alpha value is -0.420. The first-order chi connectivity index (χ1) is 8.34. The van der Waals surface area contributed by atoms with Crippen molar-refractivity contribution >= 4 is 17.8 Å². The number of hydrogen-bond donors (Lipinski definition) is 2. The highest BCUT2D eigenvalue weighted by atomic mass is 32.2. The standard InChI is InChI=1S/C12H25N3OS/c1-17-11-5-3-2-4-6-13-7-9-15-10-8-14-12(15)16/h13H,2-11H2,1H3,(H,14,16). The number of hydrogen-bond acceptors (Lipinski definition) is 3. The third-order valence-corrected chi connectivity index (χ3v) is 3.65. The average Bonchev–Trinajstić information content (AvgIpc) is 2.73. The quantitative estimate of drug-likeness (QED) is 0.585. The van der Waals surface area contributed by atoms with Crippen LogP contribution in [0.4, 0.5) is 4.79 Å². The van der Waals surface area contributed by atoms with Crippen LogP contribution < -0.4 is 10.6 Å². The molecule has 1 rings (SSSR count). The van der Waals surface area contributed by atoms with Crippen LogP contribution in [0.25, 0.3) is 0 Å². The van der Waals surface area contributed by atoms with Gasteiger partial charge in [-0.15, -0.1) is 0 Å². The van der Waals surface area contributed by atoms with Crippen molar-refractivity contribution in [1.82, 2.24) is 15.5 Å². The first kappa shape index (κ1) is 14.6. The van der Waals surface area contributed by atoms with E-state index in [1.54, 1.807) is 0 Å². The Bertz CT molecular complexity index is 214. The fourth-order valence-corrected chi connectivity index (χ4v) is 2.41. The van der Waals surface area contributed by atoms with Gasteiger partial charge in [0.1, 0.15) is 0 Å². The zero-order valence-corrected chi connectivity index (χ0v) is 11.7. The van der Waals surface area contributed by atoms with Crippen molar-refractivity contribution in [3.05, 3.63) is 0 Å². The van der Waals surface area contributed by atoms with Crippen LogP contribution in [0.3, 0.4) is 0 Å². The fourth-order valence-electron chi connectivity index (χ4n) is 1.91. The van der Waals surface area contributed by atoms with E-state index in [1.165, 1.54) is 31.4 Å². The Morgan fingerprint density at radius 1 is 1.29 bits per heavy atom. The summed E-state index contributed by atoms with van der Waals surface area (Å²) in [6.45, 7) is 4.48. The number of carbonyl (C=O) groups excluding carboxylic acids is 1. The van der Waals surface area contributed by atoms with Crippen molar-refractivity contribution in [2.75, 3.05) is 44.7 Å². The van der Waals surface area contributed by atoms with E-state index in [9.17, 15) is 4.79 Å². The molecule has 0 bridgehead atoms. The summed E-state index contributed by atoms with van der Waals surface area (Å²) in [7, 11) is 0. The minimum absolute atomic E-state index is 0.0869. The lowest BCUT2D eigenvalue weighted by Crippen LogP contribution is -2.34. The number of nitrogens with zero attached hydrogens (tertiary/aromatic N) is 1. The Morgan fingerprint density at radius 2 is 2.12 bits per heavy atom. The van der Waals surface area contributed by atoms with E-state index in [0.29, 0.717) is 0 Å². The molecule has 0 aromatic carbocycles. The molecule has 4 nitrogen and oxygen atoms in total. The van der Waals surface area contributed by atoms with Gasteiger partial charge in [-0.05, 0) is 31.4 Å². The van der Waals surface area contributed by atoms with Gasteiger partial charge in [0.2, 0.25) is 0 Å². The predicted octanol–water partition coefficient (Wildman–Crippen LogP) is 1.52. The topological polar surface area (TPSA) is 44.4 Å². The van der Waals surface area contributed by atoms with Gasteiger partial charge in [0, 0.05) is 26.2 Å². The molecule has 0 unspecified atom stereocenters. The van der Waals surface area contributed by atoms with Gasteiger partial charge < -0.3 is 15.5 Å². The summed E-state index contributed by atoms with van der Waals surface area (Å²) in [5.74, 6) is 1.29. The summed E-state index contributed by atoms with van der Waals surface area (Å²) < 4.78 is 0. The molecule has 100 valence electrons. The summed E-state index contributed by atoms with van der Waals surface area (Å²) >= 11 is 1.93. The second kappa shape index (κ2) is 9.59. The van der Waals surface area contributed by atoms with Crippen molar-refractivity contribution in [3.63, 3.8) is 0 Å². The second-order valence-electron chi connectivity index (χ2n) is 4.38. The Morgan fingerprint density at radius 3 is 2.82 bits per heavy atom. The maximum Gasteiger partial charge on any atom is 0.317 e. The molecule has 2 amide bonds. The number of nitrogens with one attached hydrogen (secondary N) is 2. The number of rotatable bonds is 10. The lowest BCUT2D eigenvalue weighted by atomic mass is 10.2. The molecular formula is C12H25N3OS. The summed E-state index contributed by atoms with van der Waals surface area (Å²) in [5, 5.41) is 6.20. The number of amides is 2. The molecule has 0 aromatic rings. The van der Waals surface area contributed by atoms with Crippen molar-refractivity contribution in [1.29, 1.82) is 0 Å². The molecule has 0 aliphatic carbocycles. The number of urea groups is 1. The lowest BCUT2D eigenvalue weighted by molar-refractivity contribution is 0.217. The molecule has 1 heterocycles. The third-order valence-electron chi connectivity index (χ3n) is 2.96. The lowest BCUT2D eigenvalue weighted by Gasteiger charge is -2.14. The highest BCUT2D eigenvalue weighted by Crippen LogP contribution is 2.03. The molecule has 0 saturated carbocycles. The zero-order chi connectivity index (χ0) is 12.3. The molecule has 1 saturated heterocycles. The van der Waals surface area contributed by atoms with Crippen LogP contribution in [-0.2, 0) is 0 Å². The highest BCUT2D eigenvalue weighted by Gasteiger charge is 2.17. The number of thioether (sulfide) groups is 1. The Labute approximate surface area is 109 Å². The van der Waals surface area contributed by atoms with Crippen LogP contribution in [0, 0.1) is 0 Å². The largest absolute Gasteiger partial charge is 0.336 e. The summed E-state index contributed by atoms with van der Waals surface area (Å²) in [6, 6.07) is 0.0869. The third kappa shape index (κ3) is 6.78.